The Morgan fingerprint density at radius 1 is 1.25 bits per heavy atom. The topological polar surface area (TPSA) is 67.4 Å². The number of nitrogens with two attached hydrogens (primary N) is 1. The quantitative estimate of drug-likeness (QED) is 0.841. The Morgan fingerprint density at radius 3 is 2.62 bits per heavy atom. The standard InChI is InChI=1S/C17H23N5OS/c1-2-3-8-15-19-14-7-5-4-6-13(14)16(23)22(15)21-11-9-20(10-12-21)17(18)24/h4-7H,2-3,8-12H2,1H3,(H2,18,24). The van der Waals surface area contributed by atoms with Crippen LogP contribution in [0.25, 0.3) is 10.9 Å². The van der Waals surface area contributed by atoms with Crippen LogP contribution in [0.2, 0.25) is 0 Å². The lowest BCUT2D eigenvalue weighted by atomic mass is 10.2. The number of fused-ring (bicyclic) bond motifs is 1. The molecule has 1 fully saturated rings. The highest BCUT2D eigenvalue weighted by molar-refractivity contribution is 7.80. The molecule has 0 radical (unpaired) electrons. The number of thiocarbonyl (C=S) groups is 1. The first-order valence-corrected chi connectivity index (χ1v) is 8.83. The second-order valence-corrected chi connectivity index (χ2v) is 6.46. The van der Waals surface area contributed by atoms with Crippen LogP contribution in [0.15, 0.2) is 29.1 Å². The van der Waals surface area contributed by atoms with E-state index in [1.54, 1.807) is 4.68 Å². The fourth-order valence-electron chi connectivity index (χ4n) is 3.07. The van der Waals surface area contributed by atoms with Crippen LogP contribution < -0.4 is 16.3 Å². The zero-order chi connectivity index (χ0) is 17.1. The Kier molecular flexibility index (Phi) is 4.99. The van der Waals surface area contributed by atoms with E-state index < -0.39 is 0 Å². The monoisotopic (exact) mass is 345 g/mol. The Morgan fingerprint density at radius 2 is 1.96 bits per heavy atom. The second-order valence-electron chi connectivity index (χ2n) is 6.04. The van der Waals surface area contributed by atoms with E-state index in [-0.39, 0.29) is 5.56 Å². The molecule has 0 aliphatic carbocycles. The number of para-hydroxylation sites is 1. The van der Waals surface area contributed by atoms with E-state index in [2.05, 4.69) is 11.9 Å². The molecule has 0 atom stereocenters. The largest absolute Gasteiger partial charge is 0.376 e. The van der Waals surface area contributed by atoms with Gasteiger partial charge < -0.3 is 15.6 Å². The van der Waals surface area contributed by atoms with Crippen molar-refractivity contribution in [1.29, 1.82) is 0 Å². The summed E-state index contributed by atoms with van der Waals surface area (Å²) in [5.41, 5.74) is 6.49. The van der Waals surface area contributed by atoms with E-state index in [4.69, 9.17) is 22.9 Å². The molecule has 7 heteroatoms. The number of aromatic nitrogens is 2. The van der Waals surface area contributed by atoms with Crippen molar-refractivity contribution in [3.05, 3.63) is 40.4 Å². The molecule has 0 saturated carbocycles. The van der Waals surface area contributed by atoms with E-state index in [1.165, 1.54) is 0 Å². The first-order valence-electron chi connectivity index (χ1n) is 8.42. The third kappa shape index (κ3) is 3.21. The van der Waals surface area contributed by atoms with E-state index in [1.807, 2.05) is 29.2 Å². The number of hydrogen-bond acceptors (Lipinski definition) is 4. The first kappa shape index (κ1) is 16.7. The predicted molar refractivity (Wildman–Crippen MR) is 101 cm³/mol. The van der Waals surface area contributed by atoms with Crippen LogP contribution >= 0.6 is 12.2 Å². The Hall–Kier alpha value is -2.15. The van der Waals surface area contributed by atoms with Crippen molar-refractivity contribution in [1.82, 2.24) is 14.6 Å². The van der Waals surface area contributed by atoms with Gasteiger partial charge in [0.05, 0.1) is 24.0 Å². The zero-order valence-electron chi connectivity index (χ0n) is 13.9. The van der Waals surface area contributed by atoms with Crippen molar-refractivity contribution in [2.45, 2.75) is 26.2 Å². The molecular weight excluding hydrogens is 322 g/mol. The number of benzene rings is 1. The van der Waals surface area contributed by atoms with Crippen molar-refractivity contribution in [3.8, 4) is 0 Å². The molecule has 2 N–H and O–H groups in total. The minimum atomic E-state index is 0.00970. The third-order valence-electron chi connectivity index (χ3n) is 4.43. The summed E-state index contributed by atoms with van der Waals surface area (Å²) in [6.07, 6.45) is 2.88. The van der Waals surface area contributed by atoms with Gasteiger partial charge in [0.1, 0.15) is 5.82 Å². The molecule has 3 rings (SSSR count). The van der Waals surface area contributed by atoms with Crippen LogP contribution in [-0.4, -0.2) is 45.9 Å². The van der Waals surface area contributed by atoms with Crippen molar-refractivity contribution in [2.24, 2.45) is 5.73 Å². The average Bonchev–Trinajstić information content (AvgIpc) is 2.60. The normalized spacial score (nSPS) is 15.0. The molecule has 24 heavy (non-hydrogen) atoms. The van der Waals surface area contributed by atoms with Crippen LogP contribution in [0.5, 0.6) is 0 Å². The highest BCUT2D eigenvalue weighted by Crippen LogP contribution is 2.11. The molecule has 1 aliphatic heterocycles. The van der Waals surface area contributed by atoms with Crippen molar-refractivity contribution in [3.63, 3.8) is 0 Å². The van der Waals surface area contributed by atoms with Crippen LogP contribution in [0.3, 0.4) is 0 Å². The fourth-order valence-corrected chi connectivity index (χ4v) is 3.26. The summed E-state index contributed by atoms with van der Waals surface area (Å²) in [5, 5.41) is 3.15. The Balaban J connectivity index is 2.00. The number of nitrogens with zero attached hydrogens (tertiary/aromatic N) is 4. The van der Waals surface area contributed by atoms with Crippen molar-refractivity contribution in [2.75, 3.05) is 31.2 Å². The maximum Gasteiger partial charge on any atom is 0.280 e. The fraction of sp³-hybridized carbons (Fsp3) is 0.471. The number of aryl methyl sites for hydroxylation is 1. The Bertz CT molecular complexity index is 795. The highest BCUT2D eigenvalue weighted by atomic mass is 32.1. The summed E-state index contributed by atoms with van der Waals surface area (Å²) in [6, 6.07) is 7.55. The lowest BCUT2D eigenvalue weighted by molar-refractivity contribution is 0.342. The number of piperazine rings is 1. The van der Waals surface area contributed by atoms with Crippen LogP contribution in [-0.2, 0) is 6.42 Å². The highest BCUT2D eigenvalue weighted by Gasteiger charge is 2.22. The van der Waals surface area contributed by atoms with Gasteiger partial charge in [-0.25, -0.2) is 9.66 Å². The van der Waals surface area contributed by atoms with Crippen LogP contribution in [0.4, 0.5) is 0 Å². The van der Waals surface area contributed by atoms with Gasteiger partial charge in [-0.1, -0.05) is 25.5 Å². The molecule has 1 aromatic heterocycles. The number of unbranched alkanes of at least 4 members (excludes halogenated alkanes) is 1. The van der Waals surface area contributed by atoms with Crippen LogP contribution in [0.1, 0.15) is 25.6 Å². The van der Waals surface area contributed by atoms with Gasteiger partial charge in [0.2, 0.25) is 0 Å². The van der Waals surface area contributed by atoms with E-state index in [0.29, 0.717) is 23.6 Å². The molecule has 128 valence electrons. The summed E-state index contributed by atoms with van der Waals surface area (Å²) in [6.45, 7) is 5.00. The van der Waals surface area contributed by atoms with Crippen molar-refractivity contribution < 1.29 is 0 Å². The van der Waals surface area contributed by atoms with Gasteiger partial charge in [-0.3, -0.25) is 4.79 Å². The molecular formula is C17H23N5OS. The average molecular weight is 345 g/mol. The first-order chi connectivity index (χ1) is 11.6. The van der Waals surface area contributed by atoms with Gasteiger partial charge >= 0.3 is 0 Å². The summed E-state index contributed by atoms with van der Waals surface area (Å²) in [4.78, 5) is 19.8. The van der Waals surface area contributed by atoms with Gasteiger partial charge in [0.25, 0.3) is 5.56 Å². The molecule has 2 aromatic rings. The zero-order valence-corrected chi connectivity index (χ0v) is 14.8. The molecule has 0 unspecified atom stereocenters. The molecule has 6 nitrogen and oxygen atoms in total. The molecule has 1 aromatic carbocycles. The molecule has 1 aliphatic rings. The lowest BCUT2D eigenvalue weighted by Crippen LogP contribution is -2.57. The molecule has 0 amide bonds. The SMILES string of the molecule is CCCCc1nc2ccccc2c(=O)n1N1CCN(C(N)=S)CC1. The minimum Gasteiger partial charge on any atom is -0.376 e. The summed E-state index contributed by atoms with van der Waals surface area (Å²) in [7, 11) is 0. The lowest BCUT2D eigenvalue weighted by Gasteiger charge is -2.37. The molecule has 2 heterocycles. The van der Waals surface area contributed by atoms with Crippen molar-refractivity contribution >= 4 is 28.2 Å². The maximum atomic E-state index is 13.0. The number of rotatable bonds is 4. The van der Waals surface area contributed by atoms with Gasteiger partial charge in [-0.05, 0) is 30.8 Å². The minimum absolute atomic E-state index is 0.00970. The molecule has 0 bridgehead atoms. The maximum absolute atomic E-state index is 13.0. The molecule has 0 spiro atoms. The summed E-state index contributed by atoms with van der Waals surface area (Å²) in [5.74, 6) is 0.837. The molecule has 1 saturated heterocycles. The van der Waals surface area contributed by atoms with E-state index in [9.17, 15) is 4.79 Å². The number of hydrogen-bond donors (Lipinski definition) is 1. The van der Waals surface area contributed by atoms with Gasteiger partial charge in [-0.15, -0.1) is 0 Å². The van der Waals surface area contributed by atoms with E-state index in [0.717, 1.165) is 43.7 Å². The third-order valence-corrected chi connectivity index (χ3v) is 4.68. The summed E-state index contributed by atoms with van der Waals surface area (Å²) < 4.78 is 1.77. The van der Waals surface area contributed by atoms with Gasteiger partial charge in [0, 0.05) is 19.5 Å². The second kappa shape index (κ2) is 7.17. The van der Waals surface area contributed by atoms with Crippen LogP contribution in [0, 0.1) is 0 Å². The Labute approximate surface area is 146 Å². The van der Waals surface area contributed by atoms with Gasteiger partial charge in [0.15, 0.2) is 5.11 Å². The van der Waals surface area contributed by atoms with E-state index >= 15 is 0 Å². The summed E-state index contributed by atoms with van der Waals surface area (Å²) >= 11 is 5.05. The van der Waals surface area contributed by atoms with Gasteiger partial charge in [-0.2, -0.15) is 0 Å². The smallest absolute Gasteiger partial charge is 0.280 e. The predicted octanol–water partition coefficient (Wildman–Crippen LogP) is 1.24.